The van der Waals surface area contributed by atoms with Gasteiger partial charge in [0.15, 0.2) is 0 Å². The lowest BCUT2D eigenvalue weighted by molar-refractivity contribution is -0.132. The van der Waals surface area contributed by atoms with Crippen LogP contribution < -0.4 is 10.1 Å². The topological polar surface area (TPSA) is 36.9 Å². The third-order valence-corrected chi connectivity index (χ3v) is 6.69. The van der Waals surface area contributed by atoms with Crippen molar-refractivity contribution in [3.8, 4) is 5.75 Å². The van der Waals surface area contributed by atoms with Crippen molar-refractivity contribution in [3.63, 3.8) is 0 Å². The summed E-state index contributed by atoms with van der Waals surface area (Å²) in [6, 6.07) is 16.7. The Labute approximate surface area is 170 Å². The van der Waals surface area contributed by atoms with Gasteiger partial charge >= 0.3 is 0 Å². The maximum atomic E-state index is 6.47. The molecule has 1 fully saturated rings. The summed E-state index contributed by atoms with van der Waals surface area (Å²) < 4.78 is 8.28. The molecule has 0 radical (unpaired) electrons. The van der Waals surface area contributed by atoms with Gasteiger partial charge in [0.1, 0.15) is 10.1 Å². The Balaban J connectivity index is 1.63. The molecule has 26 heavy (non-hydrogen) atoms. The molecule has 0 saturated carbocycles. The van der Waals surface area contributed by atoms with Gasteiger partial charge in [-0.05, 0) is 23.8 Å². The molecule has 1 N–H and O–H groups in total. The molecule has 0 aliphatic carbocycles. The molecule has 1 spiro atoms. The van der Waals surface area contributed by atoms with Crippen LogP contribution in [0, 0.1) is 0 Å². The normalized spacial score (nSPS) is 26.7. The zero-order chi connectivity index (χ0) is 17.7. The van der Waals surface area contributed by atoms with Gasteiger partial charge in [-0.2, -0.15) is 5.10 Å². The lowest BCUT2D eigenvalue weighted by Gasteiger charge is -2.49. The SMILES string of the molecule is S=C1N[C@]2(CCS1)Oc1ccc(Br)cc1[C@@H]1CC(c3ccccc3)=NN12. The molecule has 5 rings (SSSR count). The smallest absolute Gasteiger partial charge is 0.278 e. The first-order chi connectivity index (χ1) is 12.6. The van der Waals surface area contributed by atoms with Crippen molar-refractivity contribution in [2.75, 3.05) is 5.75 Å². The van der Waals surface area contributed by atoms with Crippen molar-refractivity contribution in [2.45, 2.75) is 24.7 Å². The first-order valence-electron chi connectivity index (χ1n) is 8.50. The van der Waals surface area contributed by atoms with Crippen molar-refractivity contribution >= 4 is 49.9 Å². The van der Waals surface area contributed by atoms with Crippen LogP contribution in [0.1, 0.15) is 30.0 Å². The van der Waals surface area contributed by atoms with E-state index in [9.17, 15) is 0 Å². The fraction of sp³-hybridized carbons (Fsp3) is 0.263. The molecule has 0 aromatic heterocycles. The van der Waals surface area contributed by atoms with E-state index in [0.717, 1.165) is 50.0 Å². The minimum Gasteiger partial charge on any atom is -0.448 e. The third-order valence-electron chi connectivity index (χ3n) is 4.97. The number of ether oxygens (including phenoxy) is 1. The Hall–Kier alpha value is -1.57. The van der Waals surface area contributed by atoms with Crippen molar-refractivity contribution < 1.29 is 4.74 Å². The van der Waals surface area contributed by atoms with Crippen LogP contribution in [0.3, 0.4) is 0 Å². The van der Waals surface area contributed by atoms with Gasteiger partial charge in [0, 0.05) is 28.6 Å². The number of thiocarbonyl (C=S) groups is 1. The number of nitrogens with one attached hydrogen (secondary N) is 1. The van der Waals surface area contributed by atoms with Gasteiger partial charge in [0.05, 0.1) is 11.8 Å². The fourth-order valence-corrected chi connectivity index (χ4v) is 5.36. The summed E-state index contributed by atoms with van der Waals surface area (Å²) in [7, 11) is 0. The van der Waals surface area contributed by atoms with E-state index in [4.69, 9.17) is 22.1 Å². The summed E-state index contributed by atoms with van der Waals surface area (Å²) in [5.41, 5.74) is 3.39. The number of hydrazone groups is 1. The van der Waals surface area contributed by atoms with E-state index in [1.807, 2.05) is 18.2 Å². The number of rotatable bonds is 1. The van der Waals surface area contributed by atoms with E-state index in [0.29, 0.717) is 0 Å². The van der Waals surface area contributed by atoms with Gasteiger partial charge in [-0.1, -0.05) is 70.2 Å². The van der Waals surface area contributed by atoms with E-state index < -0.39 is 5.85 Å². The highest BCUT2D eigenvalue weighted by atomic mass is 79.9. The van der Waals surface area contributed by atoms with Crippen LogP contribution in [-0.2, 0) is 0 Å². The molecule has 0 amide bonds. The quantitative estimate of drug-likeness (QED) is 0.646. The summed E-state index contributed by atoms with van der Waals surface area (Å²) in [5, 5.41) is 10.5. The molecule has 132 valence electrons. The van der Waals surface area contributed by atoms with Gasteiger partial charge in [-0.3, -0.25) is 0 Å². The average Bonchev–Trinajstić information content (AvgIpc) is 3.10. The maximum absolute atomic E-state index is 6.47. The van der Waals surface area contributed by atoms with E-state index >= 15 is 0 Å². The van der Waals surface area contributed by atoms with Gasteiger partial charge in [-0.25, -0.2) is 5.01 Å². The molecule has 0 unspecified atom stereocenters. The maximum Gasteiger partial charge on any atom is 0.278 e. The van der Waals surface area contributed by atoms with Crippen molar-refractivity contribution in [1.29, 1.82) is 0 Å². The number of fused-ring (bicyclic) bond motifs is 4. The number of nitrogens with zero attached hydrogens (tertiary/aromatic N) is 2. The Kier molecular flexibility index (Phi) is 3.99. The number of thioether (sulfide) groups is 1. The highest BCUT2D eigenvalue weighted by molar-refractivity contribution is 9.10. The van der Waals surface area contributed by atoms with Crippen LogP contribution in [0.25, 0.3) is 0 Å². The predicted octanol–water partition coefficient (Wildman–Crippen LogP) is 4.66. The van der Waals surface area contributed by atoms with Crippen molar-refractivity contribution in [1.82, 2.24) is 10.3 Å². The molecule has 4 nitrogen and oxygen atoms in total. The standard InChI is InChI=1S/C19H16BrN3OS2/c20-13-6-7-17-14(10-13)16-11-15(12-4-2-1-3-5-12)22-23(16)19(24-17)8-9-26-18(25)21-19/h1-7,10,16H,8-9,11H2,(H,21,25)/t16-,19-/m0/s1. The van der Waals surface area contributed by atoms with E-state index in [-0.39, 0.29) is 6.04 Å². The molecule has 1 saturated heterocycles. The molecule has 3 heterocycles. The minimum atomic E-state index is -0.704. The van der Waals surface area contributed by atoms with Crippen LogP contribution in [0.5, 0.6) is 5.75 Å². The molecular weight excluding hydrogens is 430 g/mol. The molecule has 7 heteroatoms. The number of hydrogen-bond acceptors (Lipinski definition) is 5. The molecule has 2 atom stereocenters. The van der Waals surface area contributed by atoms with Gasteiger partial charge in [0.2, 0.25) is 0 Å². The molecule has 2 aromatic carbocycles. The lowest BCUT2D eigenvalue weighted by Crippen LogP contribution is -2.65. The van der Waals surface area contributed by atoms with Crippen LogP contribution in [0.15, 0.2) is 58.1 Å². The molecule has 0 bridgehead atoms. The third kappa shape index (κ3) is 2.64. The van der Waals surface area contributed by atoms with Crippen LogP contribution in [0.2, 0.25) is 0 Å². The first kappa shape index (κ1) is 16.6. The second kappa shape index (κ2) is 6.25. The van der Waals surface area contributed by atoms with Crippen LogP contribution in [-0.4, -0.2) is 26.6 Å². The van der Waals surface area contributed by atoms with E-state index in [1.165, 1.54) is 0 Å². The average molecular weight is 446 g/mol. The number of benzene rings is 2. The van der Waals surface area contributed by atoms with E-state index in [2.05, 4.69) is 56.6 Å². The summed E-state index contributed by atoms with van der Waals surface area (Å²) in [6.07, 6.45) is 1.66. The van der Waals surface area contributed by atoms with Gasteiger partial charge in [0.25, 0.3) is 5.85 Å². The Morgan fingerprint density at radius 1 is 1.27 bits per heavy atom. The molecule has 3 aliphatic heterocycles. The first-order valence-corrected chi connectivity index (χ1v) is 10.7. The predicted molar refractivity (Wildman–Crippen MR) is 112 cm³/mol. The highest BCUT2D eigenvalue weighted by Gasteiger charge is 2.52. The number of halogens is 1. The van der Waals surface area contributed by atoms with Crippen molar-refractivity contribution in [2.24, 2.45) is 5.10 Å². The summed E-state index contributed by atoms with van der Waals surface area (Å²) in [5.74, 6) is 1.11. The molecular formula is C19H16BrN3OS2. The Bertz CT molecular complexity index is 920. The zero-order valence-electron chi connectivity index (χ0n) is 13.8. The van der Waals surface area contributed by atoms with E-state index in [1.54, 1.807) is 11.8 Å². The zero-order valence-corrected chi connectivity index (χ0v) is 17.0. The van der Waals surface area contributed by atoms with Crippen molar-refractivity contribution in [3.05, 3.63) is 64.1 Å². The van der Waals surface area contributed by atoms with Gasteiger partial charge in [-0.15, -0.1) is 0 Å². The number of hydrogen-bond donors (Lipinski definition) is 1. The second-order valence-electron chi connectivity index (χ2n) is 6.56. The van der Waals surface area contributed by atoms with Crippen LogP contribution >= 0.6 is 39.9 Å². The second-order valence-corrected chi connectivity index (χ2v) is 9.24. The van der Waals surface area contributed by atoms with Crippen LogP contribution in [0.4, 0.5) is 0 Å². The minimum absolute atomic E-state index is 0.129. The Morgan fingerprint density at radius 3 is 2.92 bits per heavy atom. The molecule has 2 aromatic rings. The summed E-state index contributed by atoms with van der Waals surface area (Å²) in [4.78, 5) is 0. The summed E-state index contributed by atoms with van der Waals surface area (Å²) in [6.45, 7) is 0. The molecule has 3 aliphatic rings. The monoisotopic (exact) mass is 445 g/mol. The highest BCUT2D eigenvalue weighted by Crippen LogP contribution is 2.48. The fourth-order valence-electron chi connectivity index (χ4n) is 3.78. The summed E-state index contributed by atoms with van der Waals surface area (Å²) >= 11 is 10.7. The largest absolute Gasteiger partial charge is 0.448 e. The van der Waals surface area contributed by atoms with Gasteiger partial charge < -0.3 is 10.1 Å². The lowest BCUT2D eigenvalue weighted by atomic mass is 9.95. The Morgan fingerprint density at radius 2 is 2.12 bits per heavy atom.